The zero-order valence-corrected chi connectivity index (χ0v) is 59.0. The summed E-state index contributed by atoms with van der Waals surface area (Å²) < 4.78 is 11.3. The van der Waals surface area contributed by atoms with Crippen molar-refractivity contribution in [3.05, 3.63) is 352 Å². The third kappa shape index (κ3) is 10.9. The molecule has 0 aliphatic carbocycles. The molecule has 0 aliphatic rings. The first-order valence-electron chi connectivity index (χ1n) is 35.9. The van der Waals surface area contributed by atoms with Gasteiger partial charge in [0.15, 0.2) is 34.9 Å². The van der Waals surface area contributed by atoms with Gasteiger partial charge in [-0.2, -0.15) is 0 Å². The molecule has 0 saturated carbocycles. The Hall–Kier alpha value is -13.7. The van der Waals surface area contributed by atoms with Crippen LogP contribution in [0.5, 0.6) is 0 Å². The van der Waals surface area contributed by atoms with Crippen molar-refractivity contribution >= 4 is 107 Å². The molecule has 0 fully saturated rings. The lowest BCUT2D eigenvalue weighted by Crippen LogP contribution is -2.00. The zero-order chi connectivity index (χ0) is 70.5. The van der Waals surface area contributed by atoms with E-state index in [0.717, 1.165) is 120 Å². The number of thiophene rings is 2. The van der Waals surface area contributed by atoms with Crippen molar-refractivity contribution in [1.82, 2.24) is 29.9 Å². The molecule has 21 rings (SSSR count). The molecule has 0 aliphatic heterocycles. The van der Waals surface area contributed by atoms with Crippen LogP contribution in [-0.4, -0.2) is 29.9 Å². The van der Waals surface area contributed by atoms with Crippen LogP contribution in [0.1, 0.15) is 0 Å². The number of fused-ring (bicyclic) bond motifs is 11. The molecule has 9 heteroatoms. The van der Waals surface area contributed by atoms with Crippen molar-refractivity contribution in [2.45, 2.75) is 0 Å². The standard InChI is InChI=1S/C98H58N6OS2/c1-4-20-61(21-5-1)73-50-51-74(77-32-13-12-31-76(73)77)69-49-55-86-83(58-69)89-80(36-19-39-88(89)106-86)96-100-93(65-23-6-2-7-24-65)99-95(103-96)70-29-16-28-67(56-70)59-42-46-64(47-43-59)75-52-53-81(97-101-94(66-25-8-3-9-26-66)102-98(104-97)82-37-18-35-79-78-33-14-15-38-85(78)105-91(79)82)90-84-57-68(48-54-87(84)107-92(75)90)60-40-44-63(45-41-60)72-34-17-27-62-22-10-11-30-71(62)72/h1-58H. The fourth-order valence-corrected chi connectivity index (χ4v) is 18.0. The van der Waals surface area contributed by atoms with Gasteiger partial charge >= 0.3 is 0 Å². The van der Waals surface area contributed by atoms with Gasteiger partial charge in [-0.1, -0.05) is 297 Å². The number of rotatable bonds is 12. The number of benzene rings is 16. The largest absolute Gasteiger partial charge is 0.455 e. The monoisotopic (exact) mass is 1400 g/mol. The molecule has 5 heterocycles. The van der Waals surface area contributed by atoms with Crippen LogP contribution in [0.25, 0.3) is 219 Å². The molecule has 0 atom stereocenters. The Labute approximate surface area is 623 Å². The normalized spacial score (nSPS) is 11.7. The molecule has 7 nitrogen and oxygen atoms in total. The van der Waals surface area contributed by atoms with E-state index < -0.39 is 0 Å². The van der Waals surface area contributed by atoms with E-state index in [2.05, 4.69) is 297 Å². The number of hydrogen-bond acceptors (Lipinski definition) is 9. The highest BCUT2D eigenvalue weighted by molar-refractivity contribution is 7.26. The van der Waals surface area contributed by atoms with Crippen LogP contribution in [0.2, 0.25) is 0 Å². The van der Waals surface area contributed by atoms with Crippen LogP contribution < -0.4 is 0 Å². The van der Waals surface area contributed by atoms with Crippen molar-refractivity contribution in [1.29, 1.82) is 0 Å². The molecule has 16 aromatic carbocycles. The summed E-state index contributed by atoms with van der Waals surface area (Å²) in [6.45, 7) is 0. The lowest BCUT2D eigenvalue weighted by molar-refractivity contribution is 0.669. The molecule has 0 saturated heterocycles. The van der Waals surface area contributed by atoms with Crippen molar-refractivity contribution < 1.29 is 4.42 Å². The molecule has 5 aromatic heterocycles. The maximum Gasteiger partial charge on any atom is 0.167 e. The van der Waals surface area contributed by atoms with Gasteiger partial charge in [-0.25, -0.2) is 29.9 Å². The second-order valence-corrected chi connectivity index (χ2v) is 29.3. The highest BCUT2D eigenvalue weighted by Gasteiger charge is 2.25. The molecule has 0 amide bonds. The van der Waals surface area contributed by atoms with Crippen molar-refractivity contribution in [3.8, 4) is 135 Å². The van der Waals surface area contributed by atoms with E-state index in [0.29, 0.717) is 34.9 Å². The first-order valence-corrected chi connectivity index (χ1v) is 37.5. The first kappa shape index (κ1) is 61.9. The quantitative estimate of drug-likeness (QED) is 0.120. The van der Waals surface area contributed by atoms with E-state index >= 15 is 0 Å². The molecule has 0 unspecified atom stereocenters. The zero-order valence-electron chi connectivity index (χ0n) is 57.4. The number of para-hydroxylation sites is 2. The van der Waals surface area contributed by atoms with Crippen LogP contribution in [0.3, 0.4) is 0 Å². The summed E-state index contributed by atoms with van der Waals surface area (Å²) in [4.78, 5) is 32.2. The van der Waals surface area contributed by atoms with Crippen LogP contribution in [0.4, 0.5) is 0 Å². The SMILES string of the molecule is c1ccc(-c2nc(-c3cccc(-c4ccc(-c5ccc(-c6nc(-c7ccccc7)nc(-c7cccc8c7oc7ccccc78)n6)c6c5sc5ccc(-c7ccc(-c8cccc9ccccc89)cc7)cc56)cc4)c3)nc(-c3cccc4sc5ccc(-c6ccc(-c7ccccc7)c7ccccc67)cc5c34)n2)cc1. The lowest BCUT2D eigenvalue weighted by Gasteiger charge is -2.13. The van der Waals surface area contributed by atoms with E-state index in [1.165, 1.54) is 64.1 Å². The summed E-state index contributed by atoms with van der Waals surface area (Å²) in [5.74, 6) is 3.49. The third-order valence-electron chi connectivity index (χ3n) is 20.9. The van der Waals surface area contributed by atoms with Gasteiger partial charge in [0.1, 0.15) is 11.2 Å². The van der Waals surface area contributed by atoms with E-state index in [4.69, 9.17) is 34.3 Å². The Bertz CT molecular complexity index is 7110. The number of aromatic nitrogens is 6. The average molecular weight is 1400 g/mol. The van der Waals surface area contributed by atoms with Gasteiger partial charge in [-0.15, -0.1) is 22.7 Å². The van der Waals surface area contributed by atoms with Crippen LogP contribution >= 0.6 is 22.7 Å². The topological polar surface area (TPSA) is 90.5 Å². The summed E-state index contributed by atoms with van der Waals surface area (Å²) >= 11 is 3.59. The fraction of sp³-hybridized carbons (Fsp3) is 0. The summed E-state index contributed by atoms with van der Waals surface area (Å²) in [5.41, 5.74) is 20.6. The second kappa shape index (κ2) is 25.6. The summed E-state index contributed by atoms with van der Waals surface area (Å²) in [6, 6.07) is 125. The van der Waals surface area contributed by atoms with Gasteiger partial charge in [-0.05, 0) is 143 Å². The Balaban J connectivity index is 0.674. The number of nitrogens with zero attached hydrogens (tertiary/aromatic N) is 6. The molecule has 498 valence electrons. The van der Waals surface area contributed by atoms with E-state index in [-0.39, 0.29) is 0 Å². The van der Waals surface area contributed by atoms with Gasteiger partial charge in [-0.3, -0.25) is 0 Å². The molecule has 0 radical (unpaired) electrons. The Morgan fingerprint density at radius 1 is 0.196 bits per heavy atom. The second-order valence-electron chi connectivity index (χ2n) is 27.1. The highest BCUT2D eigenvalue weighted by atomic mass is 32.1. The van der Waals surface area contributed by atoms with E-state index in [1.807, 2.05) is 54.6 Å². The lowest BCUT2D eigenvalue weighted by atomic mass is 9.91. The predicted octanol–water partition coefficient (Wildman–Crippen LogP) is 27.0. The Morgan fingerprint density at radius 3 is 1.31 bits per heavy atom. The minimum atomic E-state index is 0.532. The van der Waals surface area contributed by atoms with Crippen molar-refractivity contribution in [2.75, 3.05) is 0 Å². The average Bonchev–Trinajstić information content (AvgIpc) is 1.56. The van der Waals surface area contributed by atoms with Gasteiger partial charge < -0.3 is 4.42 Å². The molecule has 107 heavy (non-hydrogen) atoms. The van der Waals surface area contributed by atoms with Gasteiger partial charge in [0, 0.05) is 78.9 Å². The fourth-order valence-electron chi connectivity index (χ4n) is 15.7. The predicted molar refractivity (Wildman–Crippen MR) is 447 cm³/mol. The summed E-state index contributed by atoms with van der Waals surface area (Å²) in [5, 5.41) is 11.4. The first-order chi connectivity index (χ1) is 53.0. The smallest absolute Gasteiger partial charge is 0.167 e. The minimum Gasteiger partial charge on any atom is -0.455 e. The van der Waals surface area contributed by atoms with Crippen LogP contribution in [0.15, 0.2) is 356 Å². The number of hydrogen-bond donors (Lipinski definition) is 0. The van der Waals surface area contributed by atoms with Gasteiger partial charge in [0.2, 0.25) is 0 Å². The molecule has 21 aromatic rings. The molecular weight excluding hydrogens is 1340 g/mol. The molecule has 0 spiro atoms. The Kier molecular flexibility index (Phi) is 14.8. The number of furan rings is 1. The minimum absolute atomic E-state index is 0.532. The van der Waals surface area contributed by atoms with E-state index in [9.17, 15) is 0 Å². The highest BCUT2D eigenvalue weighted by Crippen LogP contribution is 2.49. The van der Waals surface area contributed by atoms with Crippen LogP contribution in [-0.2, 0) is 0 Å². The van der Waals surface area contributed by atoms with Gasteiger partial charge in [0.25, 0.3) is 0 Å². The maximum atomic E-state index is 6.66. The van der Waals surface area contributed by atoms with Crippen molar-refractivity contribution in [2.24, 2.45) is 0 Å². The Morgan fingerprint density at radius 2 is 0.598 bits per heavy atom. The summed E-state index contributed by atoms with van der Waals surface area (Å²) in [6.07, 6.45) is 0. The van der Waals surface area contributed by atoms with Crippen LogP contribution in [0, 0.1) is 0 Å². The van der Waals surface area contributed by atoms with Crippen molar-refractivity contribution in [3.63, 3.8) is 0 Å². The molecule has 0 bridgehead atoms. The molecular formula is C98H58N6OS2. The van der Waals surface area contributed by atoms with E-state index in [1.54, 1.807) is 22.7 Å². The summed E-state index contributed by atoms with van der Waals surface area (Å²) in [7, 11) is 0. The molecule has 0 N–H and O–H groups in total. The van der Waals surface area contributed by atoms with Gasteiger partial charge in [0.05, 0.1) is 5.56 Å². The maximum absolute atomic E-state index is 6.66. The third-order valence-corrected chi connectivity index (χ3v) is 23.2.